The molecule has 0 aliphatic heterocycles. The van der Waals surface area contributed by atoms with Gasteiger partial charge in [0.05, 0.1) is 5.69 Å². The predicted octanol–water partition coefficient (Wildman–Crippen LogP) is 3.73. The highest BCUT2D eigenvalue weighted by Crippen LogP contribution is 2.15. The average molecular weight is 324 g/mol. The highest BCUT2D eigenvalue weighted by atomic mass is 35.5. The number of hydrogen-bond donors (Lipinski definition) is 1. The van der Waals surface area contributed by atoms with E-state index in [0.29, 0.717) is 17.3 Å². The summed E-state index contributed by atoms with van der Waals surface area (Å²) in [5.41, 5.74) is 2.96. The third-order valence-corrected chi connectivity index (χ3v) is 3.59. The fraction of sp³-hybridized carbons (Fsp3) is 0.0556. The molecule has 1 aromatic heterocycles. The molecule has 0 unspecified atom stereocenters. The molecule has 0 saturated carbocycles. The molecule has 0 saturated heterocycles. The van der Waals surface area contributed by atoms with Gasteiger partial charge in [-0.3, -0.25) is 4.79 Å². The van der Waals surface area contributed by atoms with Crippen LogP contribution in [0.3, 0.4) is 0 Å². The second-order valence-electron chi connectivity index (χ2n) is 4.98. The van der Waals surface area contributed by atoms with Crippen LogP contribution in [0.4, 0.5) is 0 Å². The molecule has 0 bridgehead atoms. The van der Waals surface area contributed by atoms with Crippen molar-refractivity contribution >= 4 is 17.5 Å². The Kier molecular flexibility index (Phi) is 4.64. The summed E-state index contributed by atoms with van der Waals surface area (Å²) < 4.78 is 0. The van der Waals surface area contributed by atoms with Gasteiger partial charge in [-0.1, -0.05) is 54.1 Å². The van der Waals surface area contributed by atoms with Crippen molar-refractivity contribution in [3.63, 3.8) is 0 Å². The van der Waals surface area contributed by atoms with Crippen LogP contribution in [-0.4, -0.2) is 16.1 Å². The van der Waals surface area contributed by atoms with Crippen LogP contribution in [0.25, 0.3) is 11.3 Å². The smallest absolute Gasteiger partial charge is 0.272 e. The largest absolute Gasteiger partial charge is 0.347 e. The third-order valence-electron chi connectivity index (χ3n) is 3.33. The first-order valence-electron chi connectivity index (χ1n) is 7.14. The van der Waals surface area contributed by atoms with E-state index >= 15 is 0 Å². The van der Waals surface area contributed by atoms with Gasteiger partial charge in [-0.25, -0.2) is 0 Å². The number of nitrogens with one attached hydrogen (secondary N) is 1. The zero-order valence-electron chi connectivity index (χ0n) is 12.2. The molecule has 1 amide bonds. The lowest BCUT2D eigenvalue weighted by Gasteiger charge is -2.05. The number of hydrogen-bond acceptors (Lipinski definition) is 3. The summed E-state index contributed by atoms with van der Waals surface area (Å²) in [6.45, 7) is 0.415. The number of carbonyl (C=O) groups excluding carboxylic acids is 1. The Morgan fingerprint density at radius 3 is 2.30 bits per heavy atom. The van der Waals surface area contributed by atoms with Gasteiger partial charge in [-0.2, -0.15) is 0 Å². The lowest BCUT2D eigenvalue weighted by atomic mass is 10.1. The number of nitrogens with zero attached hydrogens (tertiary/aromatic N) is 2. The van der Waals surface area contributed by atoms with Crippen molar-refractivity contribution in [1.29, 1.82) is 0 Å². The van der Waals surface area contributed by atoms with E-state index in [-0.39, 0.29) is 5.91 Å². The molecule has 0 aliphatic rings. The number of benzene rings is 2. The molecule has 1 heterocycles. The van der Waals surface area contributed by atoms with Gasteiger partial charge in [-0.05, 0) is 29.8 Å². The fourth-order valence-corrected chi connectivity index (χ4v) is 2.22. The Labute approximate surface area is 139 Å². The minimum absolute atomic E-state index is 0.257. The van der Waals surface area contributed by atoms with Crippen molar-refractivity contribution in [2.45, 2.75) is 6.54 Å². The Morgan fingerprint density at radius 2 is 1.65 bits per heavy atom. The van der Waals surface area contributed by atoms with Gasteiger partial charge in [0.15, 0.2) is 5.69 Å². The molecule has 4 nitrogen and oxygen atoms in total. The monoisotopic (exact) mass is 323 g/mol. The van der Waals surface area contributed by atoms with Crippen LogP contribution in [-0.2, 0) is 6.54 Å². The SMILES string of the molecule is O=C(NCc1ccc(Cl)cc1)c1ccc(-c2ccccc2)nn1. The van der Waals surface area contributed by atoms with Crippen LogP contribution in [0, 0.1) is 0 Å². The predicted molar refractivity (Wildman–Crippen MR) is 90.1 cm³/mol. The van der Waals surface area contributed by atoms with Gasteiger partial charge >= 0.3 is 0 Å². The molecule has 0 atom stereocenters. The molecule has 3 rings (SSSR count). The van der Waals surface area contributed by atoms with Crippen LogP contribution < -0.4 is 5.32 Å². The molecule has 0 spiro atoms. The van der Waals surface area contributed by atoms with Crippen LogP contribution in [0.5, 0.6) is 0 Å². The van der Waals surface area contributed by atoms with Crippen molar-refractivity contribution < 1.29 is 4.79 Å². The maximum atomic E-state index is 12.1. The summed E-state index contributed by atoms with van der Waals surface area (Å²) in [6, 6.07) is 20.5. The molecule has 5 heteroatoms. The number of amides is 1. The second kappa shape index (κ2) is 7.03. The van der Waals surface area contributed by atoms with Gasteiger partial charge < -0.3 is 5.32 Å². The molecule has 2 aromatic carbocycles. The van der Waals surface area contributed by atoms with E-state index in [1.54, 1.807) is 24.3 Å². The van der Waals surface area contributed by atoms with Crippen molar-refractivity contribution in [2.24, 2.45) is 0 Å². The van der Waals surface area contributed by atoms with E-state index in [9.17, 15) is 4.79 Å². The van der Waals surface area contributed by atoms with Crippen LogP contribution >= 0.6 is 11.6 Å². The standard InChI is InChI=1S/C18H14ClN3O/c19-15-8-6-13(7-9-15)12-20-18(23)17-11-10-16(21-22-17)14-4-2-1-3-5-14/h1-11H,12H2,(H,20,23). The van der Waals surface area contributed by atoms with Gasteiger partial charge in [0.1, 0.15) is 0 Å². The second-order valence-corrected chi connectivity index (χ2v) is 5.42. The lowest BCUT2D eigenvalue weighted by molar-refractivity contribution is 0.0945. The van der Waals surface area contributed by atoms with E-state index in [2.05, 4.69) is 15.5 Å². The number of aromatic nitrogens is 2. The quantitative estimate of drug-likeness (QED) is 0.796. The topological polar surface area (TPSA) is 54.9 Å². The average Bonchev–Trinajstić information content (AvgIpc) is 2.62. The maximum absolute atomic E-state index is 12.1. The Hall–Kier alpha value is -2.72. The van der Waals surface area contributed by atoms with Crippen molar-refractivity contribution in [3.05, 3.63) is 83.0 Å². The molecular formula is C18H14ClN3O. The van der Waals surface area contributed by atoms with E-state index in [4.69, 9.17) is 11.6 Å². The first-order valence-corrected chi connectivity index (χ1v) is 7.52. The minimum atomic E-state index is -0.257. The minimum Gasteiger partial charge on any atom is -0.347 e. The Morgan fingerprint density at radius 1 is 0.913 bits per heavy atom. The van der Waals surface area contributed by atoms with Crippen LogP contribution in [0.2, 0.25) is 5.02 Å². The van der Waals surface area contributed by atoms with Gasteiger partial charge in [0.25, 0.3) is 5.91 Å². The van der Waals surface area contributed by atoms with E-state index < -0.39 is 0 Å². The summed E-state index contributed by atoms with van der Waals surface area (Å²) in [7, 11) is 0. The van der Waals surface area contributed by atoms with Crippen LogP contribution in [0.15, 0.2) is 66.7 Å². The normalized spacial score (nSPS) is 10.3. The van der Waals surface area contributed by atoms with Crippen molar-refractivity contribution in [2.75, 3.05) is 0 Å². The van der Waals surface area contributed by atoms with E-state index in [1.165, 1.54) is 0 Å². The van der Waals surface area contributed by atoms with Gasteiger partial charge in [0.2, 0.25) is 0 Å². The van der Waals surface area contributed by atoms with Crippen LogP contribution in [0.1, 0.15) is 16.1 Å². The van der Waals surface area contributed by atoms with Crippen molar-refractivity contribution in [1.82, 2.24) is 15.5 Å². The Bertz CT molecular complexity index is 787. The van der Waals surface area contributed by atoms with E-state index in [0.717, 1.165) is 16.8 Å². The molecule has 23 heavy (non-hydrogen) atoms. The summed E-state index contributed by atoms with van der Waals surface area (Å²) in [5, 5.41) is 11.6. The molecule has 0 aliphatic carbocycles. The summed E-state index contributed by atoms with van der Waals surface area (Å²) in [4.78, 5) is 12.1. The zero-order valence-corrected chi connectivity index (χ0v) is 13.0. The van der Waals surface area contributed by atoms with Crippen molar-refractivity contribution in [3.8, 4) is 11.3 Å². The Balaban J connectivity index is 1.65. The first kappa shape index (κ1) is 15.2. The maximum Gasteiger partial charge on any atom is 0.272 e. The summed E-state index contributed by atoms with van der Waals surface area (Å²) >= 11 is 5.83. The number of carbonyl (C=O) groups is 1. The molecular weight excluding hydrogens is 310 g/mol. The van der Waals surface area contributed by atoms with E-state index in [1.807, 2.05) is 42.5 Å². The zero-order chi connectivity index (χ0) is 16.1. The van der Waals surface area contributed by atoms with Gasteiger partial charge in [0, 0.05) is 17.1 Å². The highest BCUT2D eigenvalue weighted by molar-refractivity contribution is 6.30. The number of rotatable bonds is 4. The fourth-order valence-electron chi connectivity index (χ4n) is 2.09. The molecule has 1 N–H and O–H groups in total. The third kappa shape index (κ3) is 3.93. The molecule has 0 fully saturated rings. The highest BCUT2D eigenvalue weighted by Gasteiger charge is 2.08. The lowest BCUT2D eigenvalue weighted by Crippen LogP contribution is -2.24. The number of halogens is 1. The molecule has 114 valence electrons. The summed E-state index contributed by atoms with van der Waals surface area (Å²) in [6.07, 6.45) is 0. The van der Waals surface area contributed by atoms with Gasteiger partial charge in [-0.15, -0.1) is 10.2 Å². The first-order chi connectivity index (χ1) is 11.2. The molecule has 0 radical (unpaired) electrons. The summed E-state index contributed by atoms with van der Waals surface area (Å²) in [5.74, 6) is -0.257. The molecule has 3 aromatic rings.